The predicted molar refractivity (Wildman–Crippen MR) is 255 cm³/mol. The lowest BCUT2D eigenvalue weighted by Gasteiger charge is -2.76. The molecule has 346 valence electrons. The van der Waals surface area contributed by atoms with Gasteiger partial charge in [-0.2, -0.15) is 0 Å². The largest absolute Gasteiger partial charge is 0.483 e. The smallest absolute Gasteiger partial charge is 0.306 e. The number of dihydropyridines is 1. The van der Waals surface area contributed by atoms with E-state index in [4.69, 9.17) is 21.2 Å². The maximum Gasteiger partial charge on any atom is 0.306 e. The van der Waals surface area contributed by atoms with Crippen LogP contribution in [-0.2, 0) is 14.3 Å². The number of ether oxygens (including phenoxy) is 1. The fraction of sp³-hybridized carbons (Fsp3) is 0.846. The number of esters is 1. The highest BCUT2D eigenvalue weighted by atomic mass is 16.5. The third kappa shape index (κ3) is 11.0. The van der Waals surface area contributed by atoms with Crippen molar-refractivity contribution in [2.45, 2.75) is 214 Å². The second-order valence-corrected chi connectivity index (χ2v) is 20.0. The minimum Gasteiger partial charge on any atom is -0.483 e. The lowest BCUT2D eigenvalue weighted by atomic mass is 9.29. The molecule has 6 rings (SSSR count). The van der Waals surface area contributed by atoms with Gasteiger partial charge in [0, 0.05) is 23.1 Å². The van der Waals surface area contributed by atoms with E-state index in [1.54, 1.807) is 0 Å². The molecular weight excluding hydrogens is 731 g/mol. The zero-order valence-electron chi connectivity index (χ0n) is 42.3. The molecule has 0 aromatic heterocycles. The van der Waals surface area contributed by atoms with Gasteiger partial charge in [-0.15, -0.1) is 0 Å². The second-order valence-electron chi connectivity index (χ2n) is 20.0. The van der Waals surface area contributed by atoms with Gasteiger partial charge in [0.05, 0.1) is 12.5 Å². The third-order valence-electron chi connectivity index (χ3n) is 16.5. The Kier molecular flexibility index (Phi) is 22.9. The molecule has 1 aliphatic heterocycles. The molecule has 0 aromatic rings. The highest BCUT2D eigenvalue weighted by molar-refractivity contribution is 5.70. The van der Waals surface area contributed by atoms with Gasteiger partial charge in [-0.1, -0.05) is 137 Å². The summed E-state index contributed by atoms with van der Waals surface area (Å²) >= 11 is 0. The van der Waals surface area contributed by atoms with Gasteiger partial charge in [0.1, 0.15) is 6.10 Å². The second kappa shape index (κ2) is 23.8. The fourth-order valence-electron chi connectivity index (χ4n) is 13.7. The Morgan fingerprint density at radius 2 is 1.37 bits per heavy atom. The maximum absolute atomic E-state index is 13.0. The first kappa shape index (κ1) is 56.7. The van der Waals surface area contributed by atoms with E-state index in [0.29, 0.717) is 40.5 Å². The third-order valence-corrected chi connectivity index (χ3v) is 16.5. The first-order valence-electron chi connectivity index (χ1n) is 24.1. The van der Waals surface area contributed by atoms with Crippen molar-refractivity contribution in [2.75, 3.05) is 13.6 Å². The Labute approximate surface area is 366 Å². The molecule has 7 nitrogen and oxygen atoms in total. The van der Waals surface area contributed by atoms with Crippen LogP contribution in [0.1, 0.15) is 202 Å². The summed E-state index contributed by atoms with van der Waals surface area (Å²) in [6.45, 7) is 45.9. The van der Waals surface area contributed by atoms with Crippen molar-refractivity contribution >= 4 is 12.4 Å². The molecule has 5 saturated carbocycles. The summed E-state index contributed by atoms with van der Waals surface area (Å²) in [4.78, 5) is 21.4. The van der Waals surface area contributed by atoms with Crippen LogP contribution in [0.15, 0.2) is 36.2 Å². The summed E-state index contributed by atoms with van der Waals surface area (Å²) in [5.41, 5.74) is 8.63. The van der Waals surface area contributed by atoms with E-state index in [2.05, 4.69) is 104 Å². The molecule has 0 aromatic carbocycles. The molecule has 9 unspecified atom stereocenters. The van der Waals surface area contributed by atoms with Gasteiger partial charge in [-0.05, 0) is 141 Å². The van der Waals surface area contributed by atoms with E-state index < -0.39 is 0 Å². The molecular formula is C52H99N3O4. The molecule has 0 radical (unpaired) electrons. The van der Waals surface area contributed by atoms with Gasteiger partial charge in [-0.25, -0.2) is 0 Å². The zero-order chi connectivity index (χ0) is 46.3. The fourth-order valence-corrected chi connectivity index (χ4v) is 13.7. The van der Waals surface area contributed by atoms with Crippen LogP contribution >= 0.6 is 0 Å². The van der Waals surface area contributed by atoms with E-state index in [9.17, 15) is 4.79 Å². The first-order chi connectivity index (χ1) is 27.8. The first-order valence-corrected chi connectivity index (χ1v) is 24.1. The Balaban J connectivity index is 0.00000235. The van der Waals surface area contributed by atoms with Crippen molar-refractivity contribution in [1.29, 1.82) is 0 Å². The standard InChI is InChI=1S/C42H68N2O2.4C2H6.CH5N.CH2O2/c1-28-14-13-25-43-30(28)27-44-29(2)42-19-12-15-33(42)40(10)22-17-32-38(8)20-18-34(46-35(45)26-36(3,4)5)37(6,7)31(38)16-21-39(32,9)41(40,11)23-24-42;5*1-2;2-1-3/h13-14,25,30-34,43-44H,2,12,15-24,26-27H2,1,3-11H3;4*1-2H3;2H2,1H3;1H,(H,2,3)/t30?,31?,32?,33?,34?,38?,39?,40?,41-,42?;;;;;;/m0....../s1. The maximum atomic E-state index is 13.0. The molecule has 0 bridgehead atoms. The van der Waals surface area contributed by atoms with E-state index in [-0.39, 0.29) is 40.2 Å². The van der Waals surface area contributed by atoms with Crippen LogP contribution < -0.4 is 16.4 Å². The number of allylic oxidation sites excluding steroid dienone is 3. The van der Waals surface area contributed by atoms with E-state index in [1.807, 2.05) is 55.4 Å². The predicted octanol–water partition coefficient (Wildman–Crippen LogP) is 13.5. The van der Waals surface area contributed by atoms with E-state index >= 15 is 0 Å². The average molecular weight is 830 g/mol. The Morgan fingerprint density at radius 3 is 1.90 bits per heavy atom. The van der Waals surface area contributed by atoms with Crippen molar-refractivity contribution in [3.63, 3.8) is 0 Å². The van der Waals surface area contributed by atoms with Crippen molar-refractivity contribution in [3.05, 3.63) is 36.2 Å². The van der Waals surface area contributed by atoms with Crippen molar-refractivity contribution in [2.24, 2.45) is 61.4 Å². The monoisotopic (exact) mass is 830 g/mol. The van der Waals surface area contributed by atoms with Crippen LogP contribution in [0.25, 0.3) is 0 Å². The van der Waals surface area contributed by atoms with Crippen LogP contribution in [0.5, 0.6) is 0 Å². The average Bonchev–Trinajstić information content (AvgIpc) is 3.67. The minimum atomic E-state index is -0.250. The summed E-state index contributed by atoms with van der Waals surface area (Å²) in [6, 6.07) is 0.342. The van der Waals surface area contributed by atoms with Crippen LogP contribution in [0.4, 0.5) is 0 Å². The minimum absolute atomic E-state index is 0.00334. The van der Waals surface area contributed by atoms with Gasteiger partial charge in [0.25, 0.3) is 6.47 Å². The van der Waals surface area contributed by atoms with Gasteiger partial charge in [0.15, 0.2) is 0 Å². The number of hydrogen-bond donors (Lipinski definition) is 4. The zero-order valence-corrected chi connectivity index (χ0v) is 42.3. The van der Waals surface area contributed by atoms with Crippen LogP contribution in [0.2, 0.25) is 0 Å². The van der Waals surface area contributed by atoms with E-state index in [1.165, 1.54) is 82.5 Å². The number of carboxylic acid groups (broad SMARTS) is 1. The Hall–Kier alpha value is -2.28. The van der Waals surface area contributed by atoms with Crippen molar-refractivity contribution in [1.82, 2.24) is 10.6 Å². The van der Waals surface area contributed by atoms with Crippen LogP contribution in [0, 0.1) is 55.7 Å². The lowest BCUT2D eigenvalue weighted by molar-refractivity contribution is -0.273. The quantitative estimate of drug-likeness (QED) is 0.156. The van der Waals surface area contributed by atoms with Gasteiger partial charge in [0.2, 0.25) is 0 Å². The van der Waals surface area contributed by atoms with Crippen LogP contribution in [-0.4, -0.2) is 43.3 Å². The summed E-state index contributed by atoms with van der Waals surface area (Å²) in [5, 5.41) is 14.4. The molecule has 1 heterocycles. The van der Waals surface area contributed by atoms with Gasteiger partial charge < -0.3 is 26.2 Å². The molecule has 59 heavy (non-hydrogen) atoms. The van der Waals surface area contributed by atoms with Gasteiger partial charge >= 0.3 is 5.97 Å². The molecule has 0 amide bonds. The molecule has 0 spiro atoms. The summed E-state index contributed by atoms with van der Waals surface area (Å²) in [5.74, 6) is 2.00. The van der Waals surface area contributed by atoms with Gasteiger partial charge in [-0.3, -0.25) is 9.59 Å². The summed E-state index contributed by atoms with van der Waals surface area (Å²) in [7, 11) is 1.50. The van der Waals surface area contributed by atoms with Crippen molar-refractivity contribution in [3.8, 4) is 0 Å². The number of nitrogens with two attached hydrogens (primary N) is 1. The number of carbonyl (C=O) groups is 2. The number of nitrogens with one attached hydrogen (secondary N) is 2. The SMILES string of the molecule is C=C(NCC1NC=CC=C1C)C12CCCC1C1(C)CCC3C4(C)CCC(OC(=O)CC(C)(C)C)C(C)(C)C4CCC3(C)[C@]1(C)CC2.CC.CC.CC.CC.CN.O=CO. The molecule has 5 aliphatic carbocycles. The number of fused-ring (bicyclic) bond motifs is 7. The summed E-state index contributed by atoms with van der Waals surface area (Å²) in [6.07, 6.45) is 21.0. The Morgan fingerprint density at radius 1 is 0.847 bits per heavy atom. The lowest BCUT2D eigenvalue weighted by Crippen LogP contribution is -2.69. The molecule has 10 atom stereocenters. The molecule has 6 aliphatic rings. The van der Waals surface area contributed by atoms with E-state index in [0.717, 1.165) is 18.9 Å². The molecule has 5 fully saturated rings. The summed E-state index contributed by atoms with van der Waals surface area (Å²) < 4.78 is 6.34. The van der Waals surface area contributed by atoms with Crippen LogP contribution in [0.3, 0.4) is 0 Å². The van der Waals surface area contributed by atoms with Crippen molar-refractivity contribution < 1.29 is 19.4 Å². The highest BCUT2D eigenvalue weighted by Crippen LogP contribution is 2.81. The number of carbonyl (C=O) groups excluding carboxylic acids is 1. The molecule has 0 saturated heterocycles. The Bertz CT molecular complexity index is 1350. The molecule has 5 N–H and O–H groups in total. The topological polar surface area (TPSA) is 114 Å². The number of hydrogen-bond acceptors (Lipinski definition) is 6. The normalized spacial score (nSPS) is 36.6. The number of rotatable bonds is 6. The highest BCUT2D eigenvalue weighted by Gasteiger charge is 2.73. The molecule has 7 heteroatoms.